The summed E-state index contributed by atoms with van der Waals surface area (Å²) in [5.74, 6) is -0.892. The van der Waals surface area contributed by atoms with E-state index in [0.717, 1.165) is 10.2 Å². The second kappa shape index (κ2) is 7.70. The summed E-state index contributed by atoms with van der Waals surface area (Å²) in [6, 6.07) is 14.4. The van der Waals surface area contributed by atoms with Gasteiger partial charge >= 0.3 is 0 Å². The first-order valence-corrected chi connectivity index (χ1v) is 8.96. The fourth-order valence-corrected chi connectivity index (χ4v) is 3.29. The van der Waals surface area contributed by atoms with Crippen molar-refractivity contribution in [1.82, 2.24) is 0 Å². The van der Waals surface area contributed by atoms with Gasteiger partial charge in [0.15, 0.2) is 0 Å². The van der Waals surface area contributed by atoms with Gasteiger partial charge in [0.2, 0.25) is 17.7 Å². The number of carbonyl (C=O) groups is 3. The van der Waals surface area contributed by atoms with E-state index in [1.165, 1.54) is 6.92 Å². The van der Waals surface area contributed by atoms with Crippen molar-refractivity contribution in [3.05, 3.63) is 53.0 Å². The summed E-state index contributed by atoms with van der Waals surface area (Å²) in [6.45, 7) is 1.76. The van der Waals surface area contributed by atoms with Crippen LogP contribution in [0.3, 0.4) is 0 Å². The monoisotopic (exact) mass is 415 g/mol. The highest BCUT2D eigenvalue weighted by Gasteiger charge is 2.35. The Morgan fingerprint density at radius 2 is 1.77 bits per heavy atom. The molecule has 0 aliphatic carbocycles. The zero-order chi connectivity index (χ0) is 18.7. The molecule has 1 heterocycles. The Kier molecular flexibility index (Phi) is 5.37. The van der Waals surface area contributed by atoms with Crippen LogP contribution in [0.2, 0.25) is 0 Å². The van der Waals surface area contributed by atoms with Crippen LogP contribution < -0.4 is 15.5 Å². The number of nitrogens with zero attached hydrogens (tertiary/aromatic N) is 1. The summed E-state index contributed by atoms with van der Waals surface area (Å²) in [7, 11) is 0. The molecule has 0 spiro atoms. The standard InChI is InChI=1S/C19H18BrN3O3/c1-12(24)21-15-5-3-6-16(10-15)22-19(26)13-8-18(25)23(11-13)17-7-2-4-14(20)9-17/h2-7,9-10,13H,8,11H2,1H3,(H,21,24)(H,22,26)/t13-/m1/s1. The molecule has 3 amide bonds. The van der Waals surface area contributed by atoms with Gasteiger partial charge in [0.25, 0.3) is 0 Å². The van der Waals surface area contributed by atoms with E-state index in [0.29, 0.717) is 17.9 Å². The summed E-state index contributed by atoms with van der Waals surface area (Å²) in [4.78, 5) is 37.6. The lowest BCUT2D eigenvalue weighted by molar-refractivity contribution is -0.122. The molecule has 6 nitrogen and oxygen atoms in total. The van der Waals surface area contributed by atoms with Gasteiger partial charge in [0.1, 0.15) is 0 Å². The maximum atomic E-state index is 12.6. The molecule has 2 N–H and O–H groups in total. The molecule has 0 saturated carbocycles. The smallest absolute Gasteiger partial charge is 0.229 e. The van der Waals surface area contributed by atoms with Crippen LogP contribution in [0.25, 0.3) is 0 Å². The number of benzene rings is 2. The van der Waals surface area contributed by atoms with Crippen molar-refractivity contribution in [2.45, 2.75) is 13.3 Å². The van der Waals surface area contributed by atoms with Crippen molar-refractivity contribution in [1.29, 1.82) is 0 Å². The Hall–Kier alpha value is -2.67. The number of anilines is 3. The average Bonchev–Trinajstić information content (AvgIpc) is 2.96. The van der Waals surface area contributed by atoms with E-state index < -0.39 is 5.92 Å². The van der Waals surface area contributed by atoms with Gasteiger partial charge in [-0.15, -0.1) is 0 Å². The predicted octanol–water partition coefficient (Wildman–Crippen LogP) is 3.40. The Morgan fingerprint density at radius 3 is 2.46 bits per heavy atom. The molecule has 1 aliphatic heterocycles. The summed E-state index contributed by atoms with van der Waals surface area (Å²) >= 11 is 3.39. The number of carbonyl (C=O) groups excluding carboxylic acids is 3. The summed E-state index contributed by atoms with van der Waals surface area (Å²) in [5, 5.41) is 5.49. The second-order valence-corrected chi connectivity index (χ2v) is 7.05. The third-order valence-corrected chi connectivity index (χ3v) is 4.56. The van der Waals surface area contributed by atoms with E-state index in [9.17, 15) is 14.4 Å². The maximum absolute atomic E-state index is 12.6. The number of halogens is 1. The molecule has 26 heavy (non-hydrogen) atoms. The van der Waals surface area contributed by atoms with E-state index in [2.05, 4.69) is 26.6 Å². The number of hydrogen-bond donors (Lipinski definition) is 2. The average molecular weight is 416 g/mol. The molecule has 2 aromatic carbocycles. The summed E-state index contributed by atoms with van der Waals surface area (Å²) < 4.78 is 0.880. The Morgan fingerprint density at radius 1 is 1.08 bits per heavy atom. The first kappa shape index (κ1) is 18.1. The predicted molar refractivity (Wildman–Crippen MR) is 104 cm³/mol. The van der Waals surface area contributed by atoms with Gasteiger partial charge in [0.05, 0.1) is 5.92 Å². The van der Waals surface area contributed by atoms with Crippen LogP contribution in [0.5, 0.6) is 0 Å². The molecule has 1 aliphatic rings. The Bertz CT molecular complexity index is 869. The van der Waals surface area contributed by atoms with E-state index in [1.54, 1.807) is 29.2 Å². The zero-order valence-corrected chi connectivity index (χ0v) is 15.7. The van der Waals surface area contributed by atoms with E-state index in [1.807, 2.05) is 24.3 Å². The van der Waals surface area contributed by atoms with Crippen LogP contribution in [-0.4, -0.2) is 24.3 Å². The van der Waals surface area contributed by atoms with E-state index >= 15 is 0 Å². The molecule has 0 radical (unpaired) electrons. The van der Waals surface area contributed by atoms with E-state index in [-0.39, 0.29) is 24.1 Å². The number of amides is 3. The molecule has 0 bridgehead atoms. The largest absolute Gasteiger partial charge is 0.326 e. The van der Waals surface area contributed by atoms with Crippen molar-refractivity contribution in [2.75, 3.05) is 22.1 Å². The highest BCUT2D eigenvalue weighted by atomic mass is 79.9. The molecule has 0 unspecified atom stereocenters. The molecule has 134 valence electrons. The molecule has 0 aromatic heterocycles. The van der Waals surface area contributed by atoms with Gasteiger partial charge in [-0.25, -0.2) is 0 Å². The van der Waals surface area contributed by atoms with Gasteiger partial charge in [-0.1, -0.05) is 28.1 Å². The number of hydrogen-bond acceptors (Lipinski definition) is 3. The third-order valence-electron chi connectivity index (χ3n) is 4.07. The SMILES string of the molecule is CC(=O)Nc1cccc(NC(=O)[C@@H]2CC(=O)N(c3cccc(Br)c3)C2)c1. The van der Waals surface area contributed by atoms with Crippen LogP contribution in [0, 0.1) is 5.92 Å². The fraction of sp³-hybridized carbons (Fsp3) is 0.211. The lowest BCUT2D eigenvalue weighted by Gasteiger charge is -2.17. The van der Waals surface area contributed by atoms with Crippen molar-refractivity contribution in [2.24, 2.45) is 5.92 Å². The van der Waals surface area contributed by atoms with Crippen LogP contribution >= 0.6 is 15.9 Å². The fourth-order valence-electron chi connectivity index (χ4n) is 2.90. The lowest BCUT2D eigenvalue weighted by Crippen LogP contribution is -2.28. The molecule has 2 aromatic rings. The second-order valence-electron chi connectivity index (χ2n) is 6.14. The lowest BCUT2D eigenvalue weighted by atomic mass is 10.1. The minimum absolute atomic E-state index is 0.0738. The van der Waals surface area contributed by atoms with Crippen molar-refractivity contribution >= 4 is 50.7 Å². The molecule has 1 saturated heterocycles. The maximum Gasteiger partial charge on any atom is 0.229 e. The molecule has 1 atom stereocenters. The van der Waals surface area contributed by atoms with Crippen LogP contribution in [0.4, 0.5) is 17.1 Å². The molecule has 7 heteroatoms. The van der Waals surface area contributed by atoms with Crippen LogP contribution in [0.1, 0.15) is 13.3 Å². The number of nitrogens with one attached hydrogen (secondary N) is 2. The zero-order valence-electron chi connectivity index (χ0n) is 14.2. The molecular formula is C19H18BrN3O3. The minimum Gasteiger partial charge on any atom is -0.326 e. The van der Waals surface area contributed by atoms with Gasteiger partial charge in [-0.3, -0.25) is 14.4 Å². The topological polar surface area (TPSA) is 78.5 Å². The normalized spacial score (nSPS) is 16.5. The molecule has 1 fully saturated rings. The number of rotatable bonds is 4. The quantitative estimate of drug-likeness (QED) is 0.802. The molecular weight excluding hydrogens is 398 g/mol. The van der Waals surface area contributed by atoms with Gasteiger partial charge in [0, 0.05) is 41.4 Å². The highest BCUT2D eigenvalue weighted by Crippen LogP contribution is 2.28. The van der Waals surface area contributed by atoms with E-state index in [4.69, 9.17) is 0 Å². The van der Waals surface area contributed by atoms with Crippen molar-refractivity contribution in [3.63, 3.8) is 0 Å². The first-order chi connectivity index (χ1) is 12.4. The Labute approximate surface area is 159 Å². The van der Waals surface area contributed by atoms with Gasteiger partial charge in [-0.2, -0.15) is 0 Å². The molecule has 3 rings (SSSR count). The van der Waals surface area contributed by atoms with Crippen LogP contribution in [-0.2, 0) is 14.4 Å². The van der Waals surface area contributed by atoms with Gasteiger partial charge in [-0.05, 0) is 36.4 Å². The third kappa shape index (κ3) is 4.29. The highest BCUT2D eigenvalue weighted by molar-refractivity contribution is 9.10. The minimum atomic E-state index is -0.425. The first-order valence-electron chi connectivity index (χ1n) is 8.17. The summed E-state index contributed by atoms with van der Waals surface area (Å²) in [6.07, 6.45) is 0.170. The Balaban J connectivity index is 1.68. The van der Waals surface area contributed by atoms with Crippen LogP contribution in [0.15, 0.2) is 53.0 Å². The summed E-state index contributed by atoms with van der Waals surface area (Å²) in [5.41, 5.74) is 1.95. The van der Waals surface area contributed by atoms with Crippen molar-refractivity contribution < 1.29 is 14.4 Å². The van der Waals surface area contributed by atoms with Crippen molar-refractivity contribution in [3.8, 4) is 0 Å². The van der Waals surface area contributed by atoms with Gasteiger partial charge < -0.3 is 15.5 Å².